The molecule has 4 N–H and O–H groups in total. The molecule has 106 valence electrons. The molecule has 0 saturated heterocycles. The van der Waals surface area contributed by atoms with E-state index in [4.69, 9.17) is 16.2 Å². The molecule has 2 aromatic rings. The van der Waals surface area contributed by atoms with Crippen LogP contribution in [-0.2, 0) is 6.54 Å². The van der Waals surface area contributed by atoms with Crippen molar-refractivity contribution >= 4 is 23.0 Å². The van der Waals surface area contributed by atoms with Gasteiger partial charge in [0.05, 0.1) is 11.1 Å². The zero-order chi connectivity index (χ0) is 14.7. The van der Waals surface area contributed by atoms with E-state index in [-0.39, 0.29) is 11.6 Å². The van der Waals surface area contributed by atoms with Gasteiger partial charge in [-0.15, -0.1) is 0 Å². The van der Waals surface area contributed by atoms with Crippen LogP contribution in [0.4, 0.5) is 4.79 Å². The Morgan fingerprint density at radius 3 is 2.70 bits per heavy atom. The number of aryl methyl sites for hydroxylation is 1. The topological polar surface area (TPSA) is 113 Å². The van der Waals surface area contributed by atoms with Crippen molar-refractivity contribution in [1.29, 1.82) is 0 Å². The van der Waals surface area contributed by atoms with Crippen LogP contribution in [0, 0.1) is 0 Å². The number of ether oxygens (including phenoxy) is 1. The first-order valence-corrected chi connectivity index (χ1v) is 6.31. The van der Waals surface area contributed by atoms with Gasteiger partial charge in [0, 0.05) is 6.54 Å². The van der Waals surface area contributed by atoms with Crippen molar-refractivity contribution in [2.45, 2.75) is 26.3 Å². The minimum atomic E-state index is -0.946. The fourth-order valence-electron chi connectivity index (χ4n) is 2.02. The van der Waals surface area contributed by atoms with Crippen molar-refractivity contribution in [2.24, 2.45) is 11.5 Å². The molecule has 7 heteroatoms. The van der Waals surface area contributed by atoms with Crippen molar-refractivity contribution < 1.29 is 14.3 Å². The molecule has 0 bridgehead atoms. The molecule has 1 heterocycles. The maximum Gasteiger partial charge on any atom is 0.412 e. The number of rotatable bonds is 5. The lowest BCUT2D eigenvalue weighted by molar-refractivity contribution is 0.100. The lowest BCUT2D eigenvalue weighted by Gasteiger charge is -2.06. The second-order valence-corrected chi connectivity index (χ2v) is 4.36. The van der Waals surface area contributed by atoms with Crippen LogP contribution in [0.5, 0.6) is 6.01 Å². The van der Waals surface area contributed by atoms with E-state index in [0.29, 0.717) is 17.6 Å². The summed E-state index contributed by atoms with van der Waals surface area (Å²) >= 11 is 0. The van der Waals surface area contributed by atoms with Gasteiger partial charge in [-0.25, -0.2) is 4.79 Å². The highest BCUT2D eigenvalue weighted by molar-refractivity contribution is 6.04. The van der Waals surface area contributed by atoms with Gasteiger partial charge in [0.1, 0.15) is 5.52 Å². The summed E-state index contributed by atoms with van der Waals surface area (Å²) in [5.74, 6) is -0.582. The number of amides is 2. The molecule has 0 aliphatic rings. The quantitative estimate of drug-likeness (QED) is 0.858. The minimum absolute atomic E-state index is 0.0784. The second-order valence-electron chi connectivity index (χ2n) is 4.36. The highest BCUT2D eigenvalue weighted by Crippen LogP contribution is 2.25. The third kappa shape index (κ3) is 2.56. The van der Waals surface area contributed by atoms with Gasteiger partial charge in [-0.3, -0.25) is 9.36 Å². The average molecular weight is 276 g/mol. The molecule has 1 aromatic heterocycles. The predicted molar refractivity (Wildman–Crippen MR) is 73.4 cm³/mol. The summed E-state index contributed by atoms with van der Waals surface area (Å²) in [6.45, 7) is 2.65. The Labute approximate surface area is 115 Å². The van der Waals surface area contributed by atoms with Crippen LogP contribution in [-0.4, -0.2) is 21.6 Å². The summed E-state index contributed by atoms with van der Waals surface area (Å²) in [5.41, 5.74) is 11.7. The summed E-state index contributed by atoms with van der Waals surface area (Å²) in [6.07, 6.45) is 0.894. The largest absolute Gasteiger partial charge is 0.412 e. The number of benzene rings is 1. The molecule has 0 atom stereocenters. The molecular formula is C13H16N4O3. The molecule has 0 saturated carbocycles. The smallest absolute Gasteiger partial charge is 0.375 e. The monoisotopic (exact) mass is 276 g/mol. The number of unbranched alkanes of at least 4 members (excludes halogenated alkanes) is 1. The number of primary amides is 2. The van der Waals surface area contributed by atoms with Gasteiger partial charge in [-0.05, 0) is 18.6 Å². The summed E-state index contributed by atoms with van der Waals surface area (Å²) < 4.78 is 6.62. The molecule has 0 spiro atoms. The number of hydrogen-bond donors (Lipinski definition) is 2. The minimum Gasteiger partial charge on any atom is -0.375 e. The number of nitrogens with two attached hydrogens (primary N) is 2. The number of hydrogen-bond acceptors (Lipinski definition) is 4. The highest BCUT2D eigenvalue weighted by atomic mass is 16.6. The van der Waals surface area contributed by atoms with Gasteiger partial charge < -0.3 is 16.2 Å². The standard InChI is InChI=1S/C13H16N4O3/c1-2-3-7-17-9-6-4-5-8(11(14)18)10(9)16-13(17)20-12(15)19/h4-6H,2-3,7H2,1H3,(H2,14,18)(H2,15,19). The van der Waals surface area contributed by atoms with Crippen LogP contribution in [0.1, 0.15) is 30.1 Å². The lowest BCUT2D eigenvalue weighted by atomic mass is 10.2. The summed E-state index contributed by atoms with van der Waals surface area (Å²) in [5, 5.41) is 0. The van der Waals surface area contributed by atoms with E-state index in [2.05, 4.69) is 4.98 Å². The Bertz CT molecular complexity index is 663. The molecule has 20 heavy (non-hydrogen) atoms. The number of nitrogens with zero attached hydrogens (tertiary/aromatic N) is 2. The number of para-hydroxylation sites is 1. The molecule has 0 fully saturated rings. The molecule has 2 rings (SSSR count). The molecule has 0 unspecified atom stereocenters. The van der Waals surface area contributed by atoms with Crippen molar-refractivity contribution in [2.75, 3.05) is 0 Å². The van der Waals surface area contributed by atoms with E-state index >= 15 is 0 Å². The number of carbonyl (C=O) groups excluding carboxylic acids is 2. The molecule has 2 amide bonds. The van der Waals surface area contributed by atoms with Gasteiger partial charge in [0.2, 0.25) is 0 Å². The van der Waals surface area contributed by atoms with Crippen LogP contribution >= 0.6 is 0 Å². The summed E-state index contributed by atoms with van der Waals surface area (Å²) in [4.78, 5) is 26.5. The average Bonchev–Trinajstić information content (AvgIpc) is 2.72. The fourth-order valence-corrected chi connectivity index (χ4v) is 2.02. The zero-order valence-electron chi connectivity index (χ0n) is 11.1. The van der Waals surface area contributed by atoms with Crippen LogP contribution in [0.25, 0.3) is 11.0 Å². The van der Waals surface area contributed by atoms with E-state index in [1.165, 1.54) is 0 Å². The van der Waals surface area contributed by atoms with Gasteiger partial charge in [0.25, 0.3) is 5.91 Å². The summed E-state index contributed by atoms with van der Waals surface area (Å²) in [7, 11) is 0. The Hall–Kier alpha value is -2.57. The first-order chi connectivity index (χ1) is 9.54. The maximum atomic E-state index is 11.4. The SMILES string of the molecule is CCCCn1c(OC(N)=O)nc2c(C(N)=O)cccc21. The van der Waals surface area contributed by atoms with Crippen molar-refractivity contribution in [1.82, 2.24) is 9.55 Å². The Morgan fingerprint density at radius 2 is 2.10 bits per heavy atom. The number of imidazole rings is 1. The molecule has 0 aliphatic heterocycles. The van der Waals surface area contributed by atoms with Gasteiger partial charge in [-0.2, -0.15) is 4.98 Å². The molecule has 0 radical (unpaired) electrons. The Kier molecular flexibility index (Phi) is 3.88. The molecule has 1 aromatic carbocycles. The van der Waals surface area contributed by atoms with Crippen molar-refractivity contribution in [3.05, 3.63) is 23.8 Å². The first kappa shape index (κ1) is 13.9. The Morgan fingerprint density at radius 1 is 1.35 bits per heavy atom. The lowest BCUT2D eigenvalue weighted by Crippen LogP contribution is -2.19. The van der Waals surface area contributed by atoms with Crippen LogP contribution in [0.3, 0.4) is 0 Å². The summed E-state index contributed by atoms with van der Waals surface area (Å²) in [6, 6.07) is 5.16. The number of aromatic nitrogens is 2. The maximum absolute atomic E-state index is 11.4. The third-order valence-corrected chi connectivity index (χ3v) is 2.94. The highest BCUT2D eigenvalue weighted by Gasteiger charge is 2.17. The molecule has 7 nitrogen and oxygen atoms in total. The normalized spacial score (nSPS) is 10.7. The van der Waals surface area contributed by atoms with Crippen molar-refractivity contribution in [3.8, 4) is 6.01 Å². The second kappa shape index (κ2) is 5.60. The molecule has 0 aliphatic carbocycles. The van der Waals surface area contributed by atoms with Gasteiger partial charge in [0.15, 0.2) is 0 Å². The van der Waals surface area contributed by atoms with E-state index < -0.39 is 12.0 Å². The van der Waals surface area contributed by atoms with Crippen LogP contribution in [0.2, 0.25) is 0 Å². The molecular weight excluding hydrogens is 260 g/mol. The van der Waals surface area contributed by atoms with E-state index in [0.717, 1.165) is 12.8 Å². The van der Waals surface area contributed by atoms with Crippen molar-refractivity contribution in [3.63, 3.8) is 0 Å². The predicted octanol–water partition coefficient (Wildman–Crippen LogP) is 1.39. The fraction of sp³-hybridized carbons (Fsp3) is 0.308. The van der Waals surface area contributed by atoms with Gasteiger partial charge in [-0.1, -0.05) is 19.4 Å². The van der Waals surface area contributed by atoms with Crippen LogP contribution < -0.4 is 16.2 Å². The zero-order valence-corrected chi connectivity index (χ0v) is 11.1. The van der Waals surface area contributed by atoms with Crippen LogP contribution in [0.15, 0.2) is 18.2 Å². The third-order valence-electron chi connectivity index (χ3n) is 2.94. The van der Waals surface area contributed by atoms with Gasteiger partial charge >= 0.3 is 12.1 Å². The van der Waals surface area contributed by atoms with E-state index in [1.807, 2.05) is 6.92 Å². The van der Waals surface area contributed by atoms with E-state index in [1.54, 1.807) is 22.8 Å². The first-order valence-electron chi connectivity index (χ1n) is 6.31. The number of fused-ring (bicyclic) bond motifs is 1. The van der Waals surface area contributed by atoms with E-state index in [9.17, 15) is 9.59 Å². The number of carbonyl (C=O) groups is 2. The Balaban J connectivity index is 2.61.